The maximum absolute atomic E-state index is 12.8. The summed E-state index contributed by atoms with van der Waals surface area (Å²) < 4.78 is 10.6. The molecule has 2 aromatic heterocycles. The van der Waals surface area contributed by atoms with Crippen LogP contribution in [0.3, 0.4) is 0 Å². The second-order valence-corrected chi connectivity index (χ2v) is 5.94. The van der Waals surface area contributed by atoms with Gasteiger partial charge in [-0.25, -0.2) is 4.79 Å². The number of carbonyl (C=O) groups is 3. The fourth-order valence-corrected chi connectivity index (χ4v) is 2.97. The molecule has 138 valence electrons. The molecule has 0 atom stereocenters. The molecule has 0 radical (unpaired) electrons. The normalized spacial score (nSPS) is 12.3. The van der Waals surface area contributed by atoms with E-state index < -0.39 is 22.5 Å². The van der Waals surface area contributed by atoms with Crippen molar-refractivity contribution in [2.45, 2.75) is 6.92 Å². The van der Waals surface area contributed by atoms with Gasteiger partial charge in [0, 0.05) is 18.3 Å². The second-order valence-electron chi connectivity index (χ2n) is 5.94. The number of furan rings is 1. The van der Waals surface area contributed by atoms with Gasteiger partial charge in [0.1, 0.15) is 22.8 Å². The lowest BCUT2D eigenvalue weighted by molar-refractivity contribution is -0.384. The van der Waals surface area contributed by atoms with Crippen LogP contribution in [0.1, 0.15) is 48.3 Å². The maximum Gasteiger partial charge on any atom is 0.347 e. The van der Waals surface area contributed by atoms with E-state index in [1.807, 2.05) is 0 Å². The van der Waals surface area contributed by atoms with E-state index in [9.17, 15) is 24.5 Å². The highest BCUT2D eigenvalue weighted by molar-refractivity contribution is 6.29. The van der Waals surface area contributed by atoms with E-state index >= 15 is 0 Å². The van der Waals surface area contributed by atoms with Crippen LogP contribution in [0.25, 0.3) is 0 Å². The quantitative estimate of drug-likeness (QED) is 0.230. The summed E-state index contributed by atoms with van der Waals surface area (Å²) >= 11 is 0. The van der Waals surface area contributed by atoms with Gasteiger partial charge >= 0.3 is 5.97 Å². The molecule has 2 heterocycles. The van der Waals surface area contributed by atoms with Crippen LogP contribution >= 0.6 is 0 Å². The number of esters is 1. The number of aryl methyl sites for hydroxylation is 1. The van der Waals surface area contributed by atoms with E-state index in [1.165, 1.54) is 49.5 Å². The van der Waals surface area contributed by atoms with Crippen LogP contribution in [0.4, 0.5) is 5.69 Å². The minimum Gasteiger partial charge on any atom is -0.456 e. The number of ether oxygens (including phenoxy) is 1. The minimum atomic E-state index is -0.920. The Balaban J connectivity index is 1.73. The van der Waals surface area contributed by atoms with Gasteiger partial charge in [-0.2, -0.15) is 0 Å². The lowest BCUT2D eigenvalue weighted by atomic mass is 9.90. The smallest absolute Gasteiger partial charge is 0.347 e. The summed E-state index contributed by atoms with van der Waals surface area (Å²) in [7, 11) is 0. The Labute approximate surface area is 156 Å². The van der Waals surface area contributed by atoms with Gasteiger partial charge < -0.3 is 9.15 Å². The summed E-state index contributed by atoms with van der Waals surface area (Å²) in [5, 5.41) is 10.7. The number of hydrogen-bond donors (Lipinski definition) is 0. The molecule has 1 aliphatic rings. The van der Waals surface area contributed by atoms with Crippen LogP contribution < -0.4 is 4.74 Å². The summed E-state index contributed by atoms with van der Waals surface area (Å²) in [6.45, 7) is 1.43. The van der Waals surface area contributed by atoms with Crippen LogP contribution in [0.15, 0.2) is 47.0 Å². The van der Waals surface area contributed by atoms with Gasteiger partial charge in [-0.3, -0.25) is 24.7 Å². The van der Waals surface area contributed by atoms with Gasteiger partial charge in [0.15, 0.2) is 5.76 Å². The zero-order chi connectivity index (χ0) is 20.0. The number of nitrogens with zero attached hydrogens (tertiary/aromatic N) is 2. The molecule has 0 bridgehead atoms. The van der Waals surface area contributed by atoms with E-state index in [2.05, 4.69) is 4.98 Å². The van der Waals surface area contributed by atoms with E-state index in [0.29, 0.717) is 0 Å². The number of rotatable bonds is 3. The number of fused-ring (bicyclic) bond motifs is 2. The Kier molecular flexibility index (Phi) is 3.85. The summed E-state index contributed by atoms with van der Waals surface area (Å²) in [6, 6.07) is 7.83. The van der Waals surface area contributed by atoms with Gasteiger partial charge in [0.25, 0.3) is 5.69 Å². The molecule has 0 saturated heterocycles. The van der Waals surface area contributed by atoms with Crippen LogP contribution in [-0.4, -0.2) is 27.4 Å². The Bertz CT molecular complexity index is 1180. The number of carbonyl (C=O) groups excluding carboxylic acids is 3. The van der Waals surface area contributed by atoms with Gasteiger partial charge in [-0.1, -0.05) is 0 Å². The molecule has 4 rings (SSSR count). The molecule has 28 heavy (non-hydrogen) atoms. The SMILES string of the molecule is Cc1oc2c(c1C(=O)Oc1ccc([N+](=O)[O-])cc1)C(=O)c1ncccc1C2=O. The van der Waals surface area contributed by atoms with Crippen molar-refractivity contribution < 1.29 is 28.5 Å². The molecule has 0 N–H and O–H groups in total. The number of pyridine rings is 1. The molecule has 3 aromatic rings. The number of nitro groups is 1. The van der Waals surface area contributed by atoms with Crippen molar-refractivity contribution in [3.63, 3.8) is 0 Å². The molecule has 1 aliphatic carbocycles. The number of aromatic nitrogens is 1. The third kappa shape index (κ3) is 2.57. The Morgan fingerprint density at radius 3 is 2.54 bits per heavy atom. The van der Waals surface area contributed by atoms with Gasteiger partial charge in [-0.05, 0) is 31.2 Å². The van der Waals surface area contributed by atoms with Gasteiger partial charge in [-0.15, -0.1) is 0 Å². The molecule has 0 saturated carbocycles. The highest BCUT2D eigenvalue weighted by Gasteiger charge is 2.39. The van der Waals surface area contributed by atoms with Crippen LogP contribution in [0.5, 0.6) is 5.75 Å². The van der Waals surface area contributed by atoms with Gasteiger partial charge in [0.2, 0.25) is 11.6 Å². The molecule has 9 nitrogen and oxygen atoms in total. The van der Waals surface area contributed by atoms with Crippen LogP contribution in [0, 0.1) is 17.0 Å². The van der Waals surface area contributed by atoms with Crippen molar-refractivity contribution in [1.29, 1.82) is 0 Å². The topological polar surface area (TPSA) is 130 Å². The Hall–Kier alpha value is -4.14. The maximum atomic E-state index is 12.8. The average Bonchev–Trinajstić information content (AvgIpc) is 3.04. The lowest BCUT2D eigenvalue weighted by Crippen LogP contribution is -2.23. The molecular formula is C19H10N2O7. The van der Waals surface area contributed by atoms with Crippen LogP contribution in [-0.2, 0) is 0 Å². The van der Waals surface area contributed by atoms with Gasteiger partial charge in [0.05, 0.1) is 16.1 Å². The van der Waals surface area contributed by atoms with Crippen molar-refractivity contribution in [2.24, 2.45) is 0 Å². The number of ketones is 2. The number of benzene rings is 1. The van der Waals surface area contributed by atoms with E-state index in [1.54, 1.807) is 0 Å². The first kappa shape index (κ1) is 17.3. The van der Waals surface area contributed by atoms with Crippen molar-refractivity contribution in [3.8, 4) is 5.75 Å². The third-order valence-corrected chi connectivity index (χ3v) is 4.25. The standard InChI is InChI=1S/C19H10N2O7/c1-9-13(19(24)28-11-6-4-10(5-7-11)21(25)26)14-17(23)15-12(3-2-8-20-15)16(22)18(14)27-9/h2-8H,1H3. The fourth-order valence-electron chi connectivity index (χ4n) is 2.97. The lowest BCUT2D eigenvalue weighted by Gasteiger charge is -2.12. The summed E-state index contributed by atoms with van der Waals surface area (Å²) in [6.07, 6.45) is 1.37. The van der Waals surface area contributed by atoms with E-state index in [0.717, 1.165) is 0 Å². The number of hydrogen-bond acceptors (Lipinski definition) is 8. The van der Waals surface area contributed by atoms with Crippen LogP contribution in [0.2, 0.25) is 0 Å². The highest BCUT2D eigenvalue weighted by Crippen LogP contribution is 2.33. The molecule has 0 unspecified atom stereocenters. The molecule has 0 amide bonds. The van der Waals surface area contributed by atoms with Crippen molar-refractivity contribution in [2.75, 3.05) is 0 Å². The molecule has 0 aliphatic heterocycles. The summed E-state index contributed by atoms with van der Waals surface area (Å²) in [5.41, 5.74) is -0.502. The summed E-state index contributed by atoms with van der Waals surface area (Å²) in [5.74, 6) is -2.23. The monoisotopic (exact) mass is 378 g/mol. The van der Waals surface area contributed by atoms with Crippen molar-refractivity contribution >= 4 is 23.2 Å². The number of nitro benzene ring substituents is 1. The first-order chi connectivity index (χ1) is 13.4. The number of non-ortho nitro benzene ring substituents is 1. The first-order valence-electron chi connectivity index (χ1n) is 8.03. The Morgan fingerprint density at radius 2 is 1.86 bits per heavy atom. The Morgan fingerprint density at radius 1 is 1.14 bits per heavy atom. The third-order valence-electron chi connectivity index (χ3n) is 4.25. The predicted octanol–water partition coefficient (Wildman–Crippen LogP) is 2.89. The minimum absolute atomic E-state index is 0.0399. The van der Waals surface area contributed by atoms with E-state index in [4.69, 9.17) is 9.15 Å². The molecule has 0 fully saturated rings. The second kappa shape index (κ2) is 6.23. The molecular weight excluding hydrogens is 368 g/mol. The molecule has 0 spiro atoms. The van der Waals surface area contributed by atoms with Crippen molar-refractivity contribution in [1.82, 2.24) is 4.98 Å². The largest absolute Gasteiger partial charge is 0.456 e. The fraction of sp³-hybridized carbons (Fsp3) is 0.0526. The summed E-state index contributed by atoms with van der Waals surface area (Å²) in [4.78, 5) is 52.1. The first-order valence-corrected chi connectivity index (χ1v) is 8.03. The average molecular weight is 378 g/mol. The highest BCUT2D eigenvalue weighted by atomic mass is 16.6. The predicted molar refractivity (Wildman–Crippen MR) is 92.6 cm³/mol. The van der Waals surface area contributed by atoms with E-state index in [-0.39, 0.29) is 45.3 Å². The zero-order valence-corrected chi connectivity index (χ0v) is 14.3. The molecule has 1 aromatic carbocycles. The molecule has 9 heteroatoms. The van der Waals surface area contributed by atoms with Crippen molar-refractivity contribution in [3.05, 3.63) is 86.6 Å². The zero-order valence-electron chi connectivity index (χ0n) is 14.3.